The van der Waals surface area contributed by atoms with Gasteiger partial charge in [0.1, 0.15) is 10.7 Å². The summed E-state index contributed by atoms with van der Waals surface area (Å²) in [5.41, 5.74) is 6.31. The monoisotopic (exact) mass is 296 g/mol. The topological polar surface area (TPSA) is 62.5 Å². The second-order valence-corrected chi connectivity index (χ2v) is 6.36. The first-order chi connectivity index (χ1) is 9.52. The van der Waals surface area contributed by atoms with Crippen molar-refractivity contribution < 1.29 is 4.79 Å². The molecule has 0 aromatic carbocycles. The Morgan fingerprint density at radius 3 is 3.05 bits per heavy atom. The summed E-state index contributed by atoms with van der Waals surface area (Å²) in [6, 6.07) is 0.373. The molecule has 0 saturated carbocycles. The van der Waals surface area contributed by atoms with Gasteiger partial charge in [-0.3, -0.25) is 9.69 Å². The maximum absolute atomic E-state index is 12.4. The largest absolute Gasteiger partial charge is 0.339 e. The highest BCUT2D eigenvalue weighted by Crippen LogP contribution is 2.20. The van der Waals surface area contributed by atoms with E-state index >= 15 is 0 Å². The van der Waals surface area contributed by atoms with Crippen molar-refractivity contribution in [2.45, 2.75) is 38.8 Å². The first kappa shape index (κ1) is 15.4. The SMILES string of the molecule is CCN1CCCC1CN(C)C(=O)c1csc(C(C)N)n1. The molecule has 2 unspecified atom stereocenters. The average Bonchev–Trinajstić information content (AvgIpc) is 3.06. The molecule has 1 aromatic heterocycles. The van der Waals surface area contributed by atoms with Crippen molar-refractivity contribution in [3.8, 4) is 0 Å². The molecule has 1 aromatic rings. The quantitative estimate of drug-likeness (QED) is 0.898. The first-order valence-electron chi connectivity index (χ1n) is 7.23. The van der Waals surface area contributed by atoms with E-state index in [1.807, 2.05) is 19.4 Å². The Bertz CT molecular complexity index is 460. The third-order valence-electron chi connectivity index (χ3n) is 3.87. The van der Waals surface area contributed by atoms with Crippen LogP contribution >= 0.6 is 11.3 Å². The molecular formula is C14H24N4OS. The third kappa shape index (κ3) is 3.37. The van der Waals surface area contributed by atoms with Gasteiger partial charge in [-0.15, -0.1) is 11.3 Å². The third-order valence-corrected chi connectivity index (χ3v) is 4.91. The van der Waals surface area contributed by atoms with Crippen molar-refractivity contribution >= 4 is 17.2 Å². The number of aromatic nitrogens is 1. The Kier molecular flexibility index (Phi) is 5.12. The van der Waals surface area contributed by atoms with Crippen LogP contribution in [0.4, 0.5) is 0 Å². The zero-order valence-electron chi connectivity index (χ0n) is 12.5. The van der Waals surface area contributed by atoms with Gasteiger partial charge in [-0.1, -0.05) is 6.92 Å². The Hall–Kier alpha value is -0.980. The lowest BCUT2D eigenvalue weighted by molar-refractivity contribution is 0.0749. The Morgan fingerprint density at radius 2 is 2.45 bits per heavy atom. The Morgan fingerprint density at radius 1 is 1.70 bits per heavy atom. The summed E-state index contributed by atoms with van der Waals surface area (Å²) < 4.78 is 0. The number of carbonyl (C=O) groups excluding carboxylic acids is 1. The molecule has 0 aliphatic carbocycles. The molecule has 1 aliphatic rings. The number of thiazole rings is 1. The van der Waals surface area contributed by atoms with Crippen LogP contribution in [0.3, 0.4) is 0 Å². The van der Waals surface area contributed by atoms with E-state index in [1.165, 1.54) is 24.2 Å². The van der Waals surface area contributed by atoms with Crippen molar-refractivity contribution in [1.82, 2.24) is 14.8 Å². The van der Waals surface area contributed by atoms with Crippen LogP contribution in [-0.4, -0.2) is 53.4 Å². The average molecular weight is 296 g/mol. The number of amides is 1. The molecule has 1 aliphatic heterocycles. The number of hydrogen-bond acceptors (Lipinski definition) is 5. The van der Waals surface area contributed by atoms with Crippen molar-refractivity contribution in [2.24, 2.45) is 5.73 Å². The van der Waals surface area contributed by atoms with E-state index in [-0.39, 0.29) is 11.9 Å². The fourth-order valence-corrected chi connectivity index (χ4v) is 3.46. The number of likely N-dealkylation sites (N-methyl/N-ethyl adjacent to an activating group) is 2. The number of rotatable bonds is 5. The predicted molar refractivity (Wildman–Crippen MR) is 81.9 cm³/mol. The Balaban J connectivity index is 1.97. The molecule has 6 heteroatoms. The molecule has 0 bridgehead atoms. The van der Waals surface area contributed by atoms with E-state index in [2.05, 4.69) is 16.8 Å². The summed E-state index contributed by atoms with van der Waals surface area (Å²) in [5, 5.41) is 2.63. The number of nitrogens with two attached hydrogens (primary N) is 1. The normalized spacial score (nSPS) is 21.1. The van der Waals surface area contributed by atoms with Gasteiger partial charge in [0, 0.05) is 25.0 Å². The second kappa shape index (κ2) is 6.65. The molecular weight excluding hydrogens is 272 g/mol. The molecule has 1 saturated heterocycles. The van der Waals surface area contributed by atoms with Crippen LogP contribution in [0.2, 0.25) is 0 Å². The second-order valence-electron chi connectivity index (χ2n) is 5.47. The number of nitrogens with zero attached hydrogens (tertiary/aromatic N) is 3. The Labute approximate surface area is 124 Å². The van der Waals surface area contributed by atoms with Gasteiger partial charge in [0.25, 0.3) is 5.91 Å². The summed E-state index contributed by atoms with van der Waals surface area (Å²) in [6.07, 6.45) is 2.40. The maximum atomic E-state index is 12.4. The van der Waals surface area contributed by atoms with Gasteiger partial charge in [0.05, 0.1) is 6.04 Å². The summed E-state index contributed by atoms with van der Waals surface area (Å²) in [7, 11) is 1.86. The highest BCUT2D eigenvalue weighted by molar-refractivity contribution is 7.09. The minimum absolute atomic E-state index is 0.00361. The van der Waals surface area contributed by atoms with Crippen LogP contribution < -0.4 is 5.73 Å². The van der Waals surface area contributed by atoms with Crippen molar-refractivity contribution in [3.05, 3.63) is 16.1 Å². The fraction of sp³-hybridized carbons (Fsp3) is 0.714. The van der Waals surface area contributed by atoms with E-state index in [4.69, 9.17) is 5.73 Å². The number of carbonyl (C=O) groups is 1. The van der Waals surface area contributed by atoms with E-state index in [1.54, 1.807) is 4.90 Å². The molecule has 1 amide bonds. The molecule has 2 atom stereocenters. The molecule has 2 rings (SSSR count). The minimum atomic E-state index is -0.114. The lowest BCUT2D eigenvalue weighted by Crippen LogP contribution is -2.41. The zero-order chi connectivity index (χ0) is 14.7. The molecule has 2 N–H and O–H groups in total. The maximum Gasteiger partial charge on any atom is 0.273 e. The van der Waals surface area contributed by atoms with Gasteiger partial charge in [0.2, 0.25) is 0 Å². The van der Waals surface area contributed by atoms with Crippen LogP contribution in [0.25, 0.3) is 0 Å². The summed E-state index contributed by atoms with van der Waals surface area (Å²) in [5.74, 6) is -0.00361. The van der Waals surface area contributed by atoms with Crippen LogP contribution in [0, 0.1) is 0 Å². The fourth-order valence-electron chi connectivity index (χ4n) is 2.71. The first-order valence-corrected chi connectivity index (χ1v) is 8.11. The summed E-state index contributed by atoms with van der Waals surface area (Å²) in [4.78, 5) is 20.9. The van der Waals surface area contributed by atoms with E-state index in [0.29, 0.717) is 11.7 Å². The van der Waals surface area contributed by atoms with E-state index in [9.17, 15) is 4.79 Å². The lowest BCUT2D eigenvalue weighted by atomic mass is 10.2. The lowest BCUT2D eigenvalue weighted by Gasteiger charge is -2.27. The van der Waals surface area contributed by atoms with Gasteiger partial charge < -0.3 is 10.6 Å². The van der Waals surface area contributed by atoms with Gasteiger partial charge in [-0.25, -0.2) is 4.98 Å². The van der Waals surface area contributed by atoms with Gasteiger partial charge in [-0.05, 0) is 32.9 Å². The van der Waals surface area contributed by atoms with Gasteiger partial charge >= 0.3 is 0 Å². The van der Waals surface area contributed by atoms with Crippen molar-refractivity contribution in [3.63, 3.8) is 0 Å². The molecule has 5 nitrogen and oxygen atoms in total. The molecule has 2 heterocycles. The molecule has 1 fully saturated rings. The summed E-state index contributed by atoms with van der Waals surface area (Å²) in [6.45, 7) is 7.04. The molecule has 0 spiro atoms. The van der Waals surface area contributed by atoms with Crippen molar-refractivity contribution in [2.75, 3.05) is 26.7 Å². The predicted octanol–water partition coefficient (Wildman–Crippen LogP) is 1.72. The van der Waals surface area contributed by atoms with Crippen LogP contribution in [-0.2, 0) is 0 Å². The van der Waals surface area contributed by atoms with E-state index in [0.717, 1.165) is 24.6 Å². The smallest absolute Gasteiger partial charge is 0.273 e. The zero-order valence-corrected chi connectivity index (χ0v) is 13.3. The molecule has 20 heavy (non-hydrogen) atoms. The molecule has 0 radical (unpaired) electrons. The minimum Gasteiger partial charge on any atom is -0.339 e. The highest BCUT2D eigenvalue weighted by Gasteiger charge is 2.26. The van der Waals surface area contributed by atoms with Gasteiger partial charge in [0.15, 0.2) is 0 Å². The van der Waals surface area contributed by atoms with Crippen molar-refractivity contribution in [1.29, 1.82) is 0 Å². The van der Waals surface area contributed by atoms with Gasteiger partial charge in [-0.2, -0.15) is 0 Å². The summed E-state index contributed by atoms with van der Waals surface area (Å²) >= 11 is 1.46. The van der Waals surface area contributed by atoms with E-state index < -0.39 is 0 Å². The number of likely N-dealkylation sites (tertiary alicyclic amines) is 1. The standard InChI is InChI=1S/C14H24N4OS/c1-4-18-7-5-6-11(18)8-17(3)14(19)12-9-20-13(16-12)10(2)15/h9-11H,4-8,15H2,1-3H3. The van der Waals surface area contributed by atoms with Crippen LogP contribution in [0.1, 0.15) is 48.2 Å². The van der Waals surface area contributed by atoms with Crippen LogP contribution in [0.5, 0.6) is 0 Å². The van der Waals surface area contributed by atoms with Crippen LogP contribution in [0.15, 0.2) is 5.38 Å². The highest BCUT2D eigenvalue weighted by atomic mass is 32.1. The number of hydrogen-bond donors (Lipinski definition) is 1. The molecule has 112 valence electrons.